The SMILES string of the molecule is C=Cc1cccc(C(C(=O)NC2CCCCC2)N(CCO)C(=O)C(CS)NC(=O)OC(C)(C)C)c1. The molecule has 0 bridgehead atoms. The number of hydrogen-bond donors (Lipinski definition) is 4. The number of nitrogens with zero attached hydrogens (tertiary/aromatic N) is 1. The Bertz CT molecular complexity index is 880. The third-order valence-electron chi connectivity index (χ3n) is 5.77. The predicted octanol–water partition coefficient (Wildman–Crippen LogP) is 3.46. The van der Waals surface area contributed by atoms with Crippen molar-refractivity contribution in [2.45, 2.75) is 76.6 Å². The Morgan fingerprint density at radius 1 is 1.26 bits per heavy atom. The van der Waals surface area contributed by atoms with Crippen molar-refractivity contribution in [2.24, 2.45) is 0 Å². The highest BCUT2D eigenvalue weighted by Crippen LogP contribution is 2.26. The molecule has 2 unspecified atom stereocenters. The molecule has 1 aliphatic carbocycles. The largest absolute Gasteiger partial charge is 0.444 e. The first-order chi connectivity index (χ1) is 16.6. The van der Waals surface area contributed by atoms with E-state index in [1.165, 1.54) is 4.90 Å². The molecule has 194 valence electrons. The van der Waals surface area contributed by atoms with Crippen LogP contribution >= 0.6 is 12.6 Å². The number of alkyl carbamates (subject to hydrolysis) is 1. The Morgan fingerprint density at radius 3 is 2.51 bits per heavy atom. The summed E-state index contributed by atoms with van der Waals surface area (Å²) in [7, 11) is 0. The van der Waals surface area contributed by atoms with Gasteiger partial charge in [0.1, 0.15) is 17.7 Å². The fraction of sp³-hybridized carbons (Fsp3) is 0.577. The average molecular weight is 506 g/mol. The van der Waals surface area contributed by atoms with Crippen LogP contribution in [-0.2, 0) is 14.3 Å². The predicted molar refractivity (Wildman–Crippen MR) is 140 cm³/mol. The molecule has 0 radical (unpaired) electrons. The van der Waals surface area contributed by atoms with E-state index in [-0.39, 0.29) is 30.9 Å². The van der Waals surface area contributed by atoms with Gasteiger partial charge in [-0.05, 0) is 50.8 Å². The zero-order valence-electron chi connectivity index (χ0n) is 21.0. The van der Waals surface area contributed by atoms with Crippen molar-refractivity contribution in [3.63, 3.8) is 0 Å². The number of ether oxygens (including phenoxy) is 1. The van der Waals surface area contributed by atoms with Crippen LogP contribution in [0, 0.1) is 0 Å². The van der Waals surface area contributed by atoms with Crippen molar-refractivity contribution >= 4 is 36.6 Å². The quantitative estimate of drug-likeness (QED) is 0.364. The summed E-state index contributed by atoms with van der Waals surface area (Å²) in [5.74, 6) is -0.869. The molecule has 1 aromatic carbocycles. The van der Waals surface area contributed by atoms with Gasteiger partial charge in [-0.25, -0.2) is 4.79 Å². The molecule has 1 saturated carbocycles. The van der Waals surface area contributed by atoms with E-state index in [4.69, 9.17) is 4.74 Å². The van der Waals surface area contributed by atoms with Crippen molar-refractivity contribution in [3.8, 4) is 0 Å². The average Bonchev–Trinajstić information content (AvgIpc) is 2.81. The lowest BCUT2D eigenvalue weighted by atomic mass is 9.94. The van der Waals surface area contributed by atoms with E-state index < -0.39 is 29.7 Å². The van der Waals surface area contributed by atoms with Crippen molar-refractivity contribution < 1.29 is 24.2 Å². The van der Waals surface area contributed by atoms with E-state index in [2.05, 4.69) is 29.8 Å². The third kappa shape index (κ3) is 8.89. The minimum atomic E-state index is -1.05. The molecule has 0 aliphatic heterocycles. The van der Waals surface area contributed by atoms with Gasteiger partial charge in [-0.1, -0.05) is 50.1 Å². The molecule has 2 atom stereocenters. The van der Waals surface area contributed by atoms with Gasteiger partial charge in [-0.3, -0.25) is 9.59 Å². The highest BCUT2D eigenvalue weighted by molar-refractivity contribution is 7.80. The van der Waals surface area contributed by atoms with Crippen molar-refractivity contribution in [1.29, 1.82) is 0 Å². The van der Waals surface area contributed by atoms with Crippen molar-refractivity contribution in [1.82, 2.24) is 15.5 Å². The summed E-state index contributed by atoms with van der Waals surface area (Å²) in [6.07, 6.45) is 5.91. The number of amides is 3. The molecule has 0 aromatic heterocycles. The molecule has 1 aliphatic rings. The normalized spacial score (nSPS) is 16.0. The Balaban J connectivity index is 2.38. The Morgan fingerprint density at radius 2 is 1.94 bits per heavy atom. The minimum Gasteiger partial charge on any atom is -0.444 e. The number of hydrogen-bond acceptors (Lipinski definition) is 6. The standard InChI is InChI=1S/C26H39N3O5S/c1-5-18-10-9-11-19(16-18)22(23(31)27-20-12-7-6-8-13-20)29(14-15-30)24(32)21(17-35)28-25(33)34-26(2,3)4/h5,9-11,16,20-22,30,35H,1,6-8,12-15,17H2,2-4H3,(H,27,31)(H,28,33). The lowest BCUT2D eigenvalue weighted by Crippen LogP contribution is -2.55. The molecule has 0 heterocycles. The summed E-state index contributed by atoms with van der Waals surface area (Å²) in [6, 6.07) is 5.20. The first-order valence-electron chi connectivity index (χ1n) is 12.1. The molecule has 2 rings (SSSR count). The van der Waals surface area contributed by atoms with Crippen LogP contribution in [0.4, 0.5) is 4.79 Å². The van der Waals surface area contributed by atoms with Gasteiger partial charge in [0, 0.05) is 18.3 Å². The fourth-order valence-corrected chi connectivity index (χ4v) is 4.41. The second-order valence-electron chi connectivity index (χ2n) is 9.76. The van der Waals surface area contributed by atoms with Gasteiger partial charge < -0.3 is 25.4 Å². The van der Waals surface area contributed by atoms with Crippen molar-refractivity contribution in [3.05, 3.63) is 42.0 Å². The lowest BCUT2D eigenvalue weighted by molar-refractivity contribution is -0.143. The summed E-state index contributed by atoms with van der Waals surface area (Å²) < 4.78 is 5.29. The minimum absolute atomic E-state index is 0.0103. The van der Waals surface area contributed by atoms with Gasteiger partial charge in [0.05, 0.1) is 6.61 Å². The maximum Gasteiger partial charge on any atom is 0.408 e. The number of thiol groups is 1. The topological polar surface area (TPSA) is 108 Å². The Labute approximate surface area is 213 Å². The van der Waals surface area contributed by atoms with Gasteiger partial charge in [0.15, 0.2) is 0 Å². The maximum absolute atomic E-state index is 13.6. The first kappa shape index (κ1) is 28.7. The van der Waals surface area contributed by atoms with Crippen LogP contribution in [-0.4, -0.2) is 64.5 Å². The smallest absolute Gasteiger partial charge is 0.408 e. The monoisotopic (exact) mass is 505 g/mol. The highest BCUT2D eigenvalue weighted by atomic mass is 32.1. The zero-order valence-corrected chi connectivity index (χ0v) is 21.9. The second-order valence-corrected chi connectivity index (χ2v) is 10.1. The summed E-state index contributed by atoms with van der Waals surface area (Å²) in [6.45, 7) is 8.51. The number of benzene rings is 1. The molecule has 0 spiro atoms. The van der Waals surface area contributed by atoms with Gasteiger partial charge in [0.2, 0.25) is 11.8 Å². The first-order valence-corrected chi connectivity index (χ1v) is 12.8. The van der Waals surface area contributed by atoms with Crippen molar-refractivity contribution in [2.75, 3.05) is 18.9 Å². The second kappa shape index (κ2) is 13.5. The highest BCUT2D eigenvalue weighted by Gasteiger charge is 2.36. The summed E-state index contributed by atoms with van der Waals surface area (Å²) >= 11 is 4.25. The summed E-state index contributed by atoms with van der Waals surface area (Å²) in [5, 5.41) is 15.5. The molecule has 3 amide bonds. The van der Waals surface area contributed by atoms with E-state index in [0.717, 1.165) is 37.7 Å². The van der Waals surface area contributed by atoms with Crippen LogP contribution in [0.5, 0.6) is 0 Å². The fourth-order valence-electron chi connectivity index (χ4n) is 4.17. The van der Waals surface area contributed by atoms with E-state index >= 15 is 0 Å². The third-order valence-corrected chi connectivity index (χ3v) is 6.13. The van der Waals surface area contributed by atoms with E-state index in [1.807, 2.05) is 6.07 Å². The number of nitrogens with one attached hydrogen (secondary N) is 2. The van der Waals surface area contributed by atoms with Crippen LogP contribution in [0.2, 0.25) is 0 Å². The molecule has 1 fully saturated rings. The van der Waals surface area contributed by atoms with Gasteiger partial charge in [-0.15, -0.1) is 0 Å². The van der Waals surface area contributed by atoms with E-state index in [9.17, 15) is 19.5 Å². The number of rotatable bonds is 10. The molecule has 9 heteroatoms. The zero-order chi connectivity index (χ0) is 26.0. The van der Waals surface area contributed by atoms with Crippen LogP contribution in [0.25, 0.3) is 6.08 Å². The summed E-state index contributed by atoms with van der Waals surface area (Å²) in [4.78, 5) is 40.9. The number of carbonyl (C=O) groups is 3. The molecule has 3 N–H and O–H groups in total. The van der Waals surface area contributed by atoms with Gasteiger partial charge >= 0.3 is 6.09 Å². The van der Waals surface area contributed by atoms with Crippen LogP contribution < -0.4 is 10.6 Å². The van der Waals surface area contributed by atoms with E-state index in [1.54, 1.807) is 45.0 Å². The maximum atomic E-state index is 13.6. The molecule has 35 heavy (non-hydrogen) atoms. The summed E-state index contributed by atoms with van der Waals surface area (Å²) in [5.41, 5.74) is 0.645. The molecular formula is C26H39N3O5S. The molecule has 1 aromatic rings. The van der Waals surface area contributed by atoms with Crippen LogP contribution in [0.15, 0.2) is 30.8 Å². The van der Waals surface area contributed by atoms with Gasteiger partial charge in [-0.2, -0.15) is 12.6 Å². The van der Waals surface area contributed by atoms with Gasteiger partial charge in [0.25, 0.3) is 0 Å². The lowest BCUT2D eigenvalue weighted by Gasteiger charge is -2.35. The Hall–Kier alpha value is -2.52. The van der Waals surface area contributed by atoms with E-state index in [0.29, 0.717) is 5.56 Å². The number of carbonyl (C=O) groups excluding carboxylic acids is 3. The van der Waals surface area contributed by atoms with Crippen LogP contribution in [0.1, 0.15) is 70.0 Å². The molecule has 8 nitrogen and oxygen atoms in total. The Kier molecular flexibility index (Phi) is 11.1. The van der Waals surface area contributed by atoms with Crippen LogP contribution in [0.3, 0.4) is 0 Å². The molecular weight excluding hydrogens is 466 g/mol. The number of aliphatic hydroxyl groups is 1. The molecule has 0 saturated heterocycles. The number of aliphatic hydroxyl groups excluding tert-OH is 1.